The number of carbonyl (C=O) groups is 6. The predicted octanol–water partition coefficient (Wildman–Crippen LogP) is 0.00700. The van der Waals surface area contributed by atoms with E-state index in [0.717, 1.165) is 21.3 Å². The third kappa shape index (κ3) is 12.9. The number of nitrogens with two attached hydrogens (primary N) is 3. The summed E-state index contributed by atoms with van der Waals surface area (Å²) in [4.78, 5) is 85.5. The smallest absolute Gasteiger partial charge is 0.337 e. The van der Waals surface area contributed by atoms with Crippen LogP contribution in [0.15, 0.2) is 85.3 Å². The minimum atomic E-state index is -1.20. The number of hydrogen-bond donors (Lipinski definition) is 9. The van der Waals surface area contributed by atoms with Gasteiger partial charge in [-0.25, -0.2) is 14.8 Å². The highest BCUT2D eigenvalue weighted by atomic mass is 16.2. The molecule has 17 nitrogen and oxygen atoms in total. The lowest BCUT2D eigenvalue weighted by Crippen LogP contribution is -2.60. The lowest BCUT2D eigenvalue weighted by molar-refractivity contribution is -0.131. The number of rotatable bonds is 19. The van der Waals surface area contributed by atoms with E-state index in [1.165, 1.54) is 19.4 Å². The number of fused-ring (bicyclic) bond motifs is 1. The van der Waals surface area contributed by atoms with Gasteiger partial charge in [0, 0.05) is 24.7 Å². The largest absolute Gasteiger partial charge is 0.368 e. The molecule has 0 fully saturated rings. The second-order valence-corrected chi connectivity index (χ2v) is 13.0. The molecule has 0 unspecified atom stereocenters. The van der Waals surface area contributed by atoms with E-state index < -0.39 is 66.3 Å². The van der Waals surface area contributed by atoms with Crippen LogP contribution in [0.1, 0.15) is 43.0 Å². The molecule has 0 radical (unpaired) electrons. The fourth-order valence-electron chi connectivity index (χ4n) is 5.71. The van der Waals surface area contributed by atoms with Crippen molar-refractivity contribution >= 4 is 46.3 Å². The summed E-state index contributed by atoms with van der Waals surface area (Å²) in [6, 6.07) is 16.8. The average Bonchev–Trinajstić information content (AvgIpc) is 3.69. The Morgan fingerprint density at radius 3 is 2.25 bits per heavy atom. The van der Waals surface area contributed by atoms with Gasteiger partial charge in [-0.15, -0.1) is 0 Å². The Kier molecular flexibility index (Phi) is 15.7. The first-order chi connectivity index (χ1) is 26.4. The molecular formula is C38H49N11O6. The van der Waals surface area contributed by atoms with Crippen LogP contribution in [0.5, 0.6) is 0 Å². The van der Waals surface area contributed by atoms with Gasteiger partial charge in [-0.2, -0.15) is 0 Å². The van der Waals surface area contributed by atoms with Gasteiger partial charge >= 0.3 is 6.03 Å². The molecule has 0 aliphatic rings. The molecule has 292 valence electrons. The standard InChI is InChI=1S/C38H49N11O6/c1-24(45-33(50)21-43-36(53)30(40)19-28-20-42-23-44-28)35(52)48-49(22-27-14-9-13-26-12-5-6-15-29(26)27)38(55)47-32(18-25-10-3-2-4-11-25)37(54)46-31(34(41)51)16-7-8-17-39/h2-6,9-15,20,23-24,30-32H,7-8,16-19,21-22,39-40H2,1H3,(H2,41,51)(H,42,44)(H,43,53)(H,45,50)(H,46,54)(H,47,55)(H,48,52)/t24-,30-,31-,32+/m0/s1. The van der Waals surface area contributed by atoms with E-state index in [1.807, 2.05) is 42.5 Å². The maximum Gasteiger partial charge on any atom is 0.337 e. The Balaban J connectivity index is 1.50. The molecule has 1 aromatic heterocycles. The van der Waals surface area contributed by atoms with E-state index in [9.17, 15) is 28.8 Å². The predicted molar refractivity (Wildman–Crippen MR) is 205 cm³/mol. The van der Waals surface area contributed by atoms with Gasteiger partial charge in [-0.1, -0.05) is 72.8 Å². The van der Waals surface area contributed by atoms with Crippen LogP contribution >= 0.6 is 0 Å². The van der Waals surface area contributed by atoms with E-state index in [2.05, 4.69) is 36.7 Å². The number of H-pyrrole nitrogens is 1. The van der Waals surface area contributed by atoms with Crippen molar-refractivity contribution in [1.82, 2.24) is 41.7 Å². The highest BCUT2D eigenvalue weighted by Crippen LogP contribution is 2.20. The normalized spacial score (nSPS) is 13.1. The zero-order valence-electron chi connectivity index (χ0n) is 30.6. The first-order valence-corrected chi connectivity index (χ1v) is 17.9. The quantitative estimate of drug-likeness (QED) is 0.0460. The van der Waals surface area contributed by atoms with Crippen molar-refractivity contribution in [3.05, 3.63) is 102 Å². The van der Waals surface area contributed by atoms with Crippen molar-refractivity contribution in [3.8, 4) is 0 Å². The number of benzene rings is 3. The first kappa shape index (κ1) is 41.4. The Bertz CT molecular complexity index is 1900. The Hall–Kier alpha value is -6.33. The number of nitrogens with one attached hydrogen (secondary N) is 6. The number of amides is 7. The van der Waals surface area contributed by atoms with Crippen LogP contribution in [0.25, 0.3) is 10.8 Å². The lowest BCUT2D eigenvalue weighted by Gasteiger charge is -2.29. The van der Waals surface area contributed by atoms with E-state index >= 15 is 0 Å². The second kappa shape index (κ2) is 20.8. The molecule has 1 heterocycles. The van der Waals surface area contributed by atoms with Crippen molar-refractivity contribution in [2.45, 2.75) is 69.7 Å². The summed E-state index contributed by atoms with van der Waals surface area (Å²) in [5.41, 5.74) is 21.8. The summed E-state index contributed by atoms with van der Waals surface area (Å²) >= 11 is 0. The number of hydrogen-bond acceptors (Lipinski definition) is 9. The highest BCUT2D eigenvalue weighted by Gasteiger charge is 2.29. The van der Waals surface area contributed by atoms with Crippen LogP contribution < -0.4 is 43.9 Å². The van der Waals surface area contributed by atoms with E-state index in [0.29, 0.717) is 30.6 Å². The van der Waals surface area contributed by atoms with Crippen molar-refractivity contribution in [2.24, 2.45) is 17.2 Å². The van der Waals surface area contributed by atoms with Crippen LogP contribution in [0.3, 0.4) is 0 Å². The van der Waals surface area contributed by atoms with Crippen LogP contribution in [0.2, 0.25) is 0 Å². The monoisotopic (exact) mass is 755 g/mol. The van der Waals surface area contributed by atoms with E-state index in [1.54, 1.807) is 30.3 Å². The summed E-state index contributed by atoms with van der Waals surface area (Å²) in [5.74, 6) is -3.40. The molecule has 4 aromatic rings. The summed E-state index contributed by atoms with van der Waals surface area (Å²) in [6.07, 6.45) is 4.65. The number of carbonyl (C=O) groups excluding carboxylic acids is 6. The van der Waals surface area contributed by atoms with Gasteiger partial charge in [0.2, 0.25) is 23.6 Å². The van der Waals surface area contributed by atoms with Gasteiger partial charge in [0.25, 0.3) is 5.91 Å². The SMILES string of the molecule is C[C@H](NC(=O)CNC(=O)[C@@H](N)Cc1cnc[nH]1)C(=O)NN(Cc1cccc2ccccc12)C(=O)N[C@H](Cc1ccccc1)C(=O)N[C@@H](CCCCN)C(N)=O. The Morgan fingerprint density at radius 1 is 0.818 bits per heavy atom. The van der Waals surface area contributed by atoms with Gasteiger partial charge in [-0.05, 0) is 54.6 Å². The zero-order valence-corrected chi connectivity index (χ0v) is 30.6. The van der Waals surface area contributed by atoms with Crippen molar-refractivity contribution in [3.63, 3.8) is 0 Å². The number of aromatic nitrogens is 2. The number of nitrogens with zero attached hydrogens (tertiary/aromatic N) is 2. The highest BCUT2D eigenvalue weighted by molar-refractivity contribution is 5.94. The molecule has 0 spiro atoms. The van der Waals surface area contributed by atoms with E-state index in [-0.39, 0.29) is 25.8 Å². The molecule has 3 aromatic carbocycles. The van der Waals surface area contributed by atoms with Gasteiger partial charge in [0.1, 0.15) is 18.1 Å². The van der Waals surface area contributed by atoms with Gasteiger partial charge < -0.3 is 43.5 Å². The van der Waals surface area contributed by atoms with Gasteiger partial charge in [-0.3, -0.25) is 29.4 Å². The van der Waals surface area contributed by atoms with Crippen LogP contribution in [0.4, 0.5) is 4.79 Å². The average molecular weight is 756 g/mol. The van der Waals surface area contributed by atoms with Gasteiger partial charge in [0.15, 0.2) is 0 Å². The first-order valence-electron chi connectivity index (χ1n) is 17.9. The molecule has 17 heteroatoms. The van der Waals surface area contributed by atoms with Crippen LogP contribution in [-0.2, 0) is 43.4 Å². The molecule has 55 heavy (non-hydrogen) atoms. The molecule has 0 aliphatic heterocycles. The summed E-state index contributed by atoms with van der Waals surface area (Å²) < 4.78 is 0. The summed E-state index contributed by atoms with van der Waals surface area (Å²) in [6.45, 7) is 1.23. The Morgan fingerprint density at radius 2 is 1.55 bits per heavy atom. The molecular weight excluding hydrogens is 706 g/mol. The maximum absolute atomic E-state index is 14.1. The molecule has 0 bridgehead atoms. The summed E-state index contributed by atoms with van der Waals surface area (Å²) in [7, 11) is 0. The molecule has 4 atom stereocenters. The number of imidazole rings is 1. The molecule has 0 aliphatic carbocycles. The minimum Gasteiger partial charge on any atom is -0.368 e. The van der Waals surface area contributed by atoms with Crippen molar-refractivity contribution in [1.29, 1.82) is 0 Å². The zero-order chi connectivity index (χ0) is 39.7. The van der Waals surface area contributed by atoms with E-state index in [4.69, 9.17) is 17.2 Å². The maximum atomic E-state index is 14.1. The molecule has 4 rings (SSSR count). The topological polar surface area (TPSA) is 273 Å². The lowest BCUT2D eigenvalue weighted by atomic mass is 10.0. The van der Waals surface area contributed by atoms with Crippen LogP contribution in [0, 0.1) is 0 Å². The third-order valence-corrected chi connectivity index (χ3v) is 8.73. The minimum absolute atomic E-state index is 0.0481. The molecule has 7 amide bonds. The number of urea groups is 1. The fraction of sp³-hybridized carbons (Fsp3) is 0.342. The number of hydrazine groups is 1. The molecule has 12 N–H and O–H groups in total. The molecule has 0 saturated heterocycles. The number of primary amides is 1. The fourth-order valence-corrected chi connectivity index (χ4v) is 5.71. The van der Waals surface area contributed by atoms with Crippen molar-refractivity contribution in [2.75, 3.05) is 13.1 Å². The van der Waals surface area contributed by atoms with Crippen molar-refractivity contribution < 1.29 is 28.8 Å². The summed E-state index contributed by atoms with van der Waals surface area (Å²) in [5, 5.41) is 13.1. The number of unbranched alkanes of at least 4 members (excludes halogenated alkanes) is 1. The number of aromatic amines is 1. The second-order valence-electron chi connectivity index (χ2n) is 13.0. The van der Waals surface area contributed by atoms with Gasteiger partial charge in [0.05, 0.1) is 25.5 Å². The molecule has 0 saturated carbocycles. The third-order valence-electron chi connectivity index (χ3n) is 8.73. The Labute approximate surface area is 318 Å². The van der Waals surface area contributed by atoms with Crippen LogP contribution in [-0.4, -0.2) is 87.8 Å².